The maximum atomic E-state index is 6.22. The highest BCUT2D eigenvalue weighted by molar-refractivity contribution is 5.80. The highest BCUT2D eigenvalue weighted by Crippen LogP contribution is 2.28. The Morgan fingerprint density at radius 1 is 0.900 bits per heavy atom. The van der Waals surface area contributed by atoms with Crippen molar-refractivity contribution in [2.24, 2.45) is 0 Å². The number of aromatic nitrogens is 2. The van der Waals surface area contributed by atoms with Crippen LogP contribution in [0.2, 0.25) is 0 Å². The van der Waals surface area contributed by atoms with Crippen LogP contribution < -0.4 is 4.74 Å². The maximum Gasteiger partial charge on any atom is 0.141 e. The molecule has 0 radical (unpaired) electrons. The van der Waals surface area contributed by atoms with E-state index in [1.807, 2.05) is 6.07 Å². The summed E-state index contributed by atoms with van der Waals surface area (Å²) < 4.78 is 8.55. The van der Waals surface area contributed by atoms with E-state index in [4.69, 9.17) is 9.72 Å². The molecule has 3 heteroatoms. The summed E-state index contributed by atoms with van der Waals surface area (Å²) in [6.07, 6.45) is 0.921. The van der Waals surface area contributed by atoms with Crippen LogP contribution in [-0.2, 0) is 6.54 Å². The SMILES string of the molecule is Cc1cccc(-c2nc3ccccc3n2CCCOc2cc(C)ccc2C(C)C)c1. The number of nitrogens with zero attached hydrogens (tertiary/aromatic N) is 2. The minimum Gasteiger partial charge on any atom is -0.493 e. The van der Waals surface area contributed by atoms with Crippen molar-refractivity contribution in [1.82, 2.24) is 9.55 Å². The van der Waals surface area contributed by atoms with E-state index in [9.17, 15) is 0 Å². The first-order chi connectivity index (χ1) is 14.5. The fourth-order valence-electron chi connectivity index (χ4n) is 3.95. The van der Waals surface area contributed by atoms with Crippen molar-refractivity contribution in [1.29, 1.82) is 0 Å². The Balaban J connectivity index is 1.55. The highest BCUT2D eigenvalue weighted by atomic mass is 16.5. The third-order valence-corrected chi connectivity index (χ3v) is 5.51. The fourth-order valence-corrected chi connectivity index (χ4v) is 3.95. The molecular weight excluding hydrogens is 368 g/mol. The molecule has 0 saturated heterocycles. The fraction of sp³-hybridized carbons (Fsp3) is 0.296. The Hall–Kier alpha value is -3.07. The van der Waals surface area contributed by atoms with E-state index < -0.39 is 0 Å². The van der Waals surface area contributed by atoms with Gasteiger partial charge in [0.25, 0.3) is 0 Å². The summed E-state index contributed by atoms with van der Waals surface area (Å²) in [6.45, 7) is 10.2. The van der Waals surface area contributed by atoms with Gasteiger partial charge in [-0.1, -0.05) is 61.9 Å². The molecule has 0 aliphatic heterocycles. The second-order valence-electron chi connectivity index (χ2n) is 8.34. The molecule has 0 aliphatic carbocycles. The number of benzene rings is 3. The van der Waals surface area contributed by atoms with E-state index in [2.05, 4.69) is 92.9 Å². The molecule has 4 rings (SSSR count). The van der Waals surface area contributed by atoms with Crippen LogP contribution >= 0.6 is 0 Å². The third-order valence-electron chi connectivity index (χ3n) is 5.51. The topological polar surface area (TPSA) is 27.1 Å². The molecule has 0 amide bonds. The molecule has 0 atom stereocenters. The van der Waals surface area contributed by atoms with Gasteiger partial charge in [-0.15, -0.1) is 0 Å². The van der Waals surface area contributed by atoms with E-state index >= 15 is 0 Å². The lowest BCUT2D eigenvalue weighted by atomic mass is 10.0. The van der Waals surface area contributed by atoms with Crippen molar-refractivity contribution in [2.75, 3.05) is 6.61 Å². The molecular formula is C27H30N2O. The molecule has 0 saturated carbocycles. The van der Waals surface area contributed by atoms with Gasteiger partial charge in [0.1, 0.15) is 11.6 Å². The standard InChI is InChI=1S/C27H30N2O/c1-19(2)23-14-13-21(4)18-26(23)30-16-8-15-29-25-12-6-5-11-24(25)28-27(29)22-10-7-9-20(3)17-22/h5-7,9-14,17-19H,8,15-16H2,1-4H3. The molecule has 0 aliphatic rings. The largest absolute Gasteiger partial charge is 0.493 e. The molecule has 1 aromatic heterocycles. The number of imidazole rings is 1. The van der Waals surface area contributed by atoms with Crippen LogP contribution in [0.4, 0.5) is 0 Å². The van der Waals surface area contributed by atoms with Crippen LogP contribution in [0.1, 0.15) is 42.9 Å². The predicted octanol–water partition coefficient (Wildman–Crippen LogP) is 6.91. The average Bonchev–Trinajstić information content (AvgIpc) is 3.10. The van der Waals surface area contributed by atoms with Crippen molar-refractivity contribution in [3.8, 4) is 17.1 Å². The quantitative estimate of drug-likeness (QED) is 0.316. The van der Waals surface area contributed by atoms with Gasteiger partial charge >= 0.3 is 0 Å². The zero-order chi connectivity index (χ0) is 21.1. The van der Waals surface area contributed by atoms with Crippen LogP contribution in [0, 0.1) is 13.8 Å². The van der Waals surface area contributed by atoms with Gasteiger partial charge in [-0.25, -0.2) is 4.98 Å². The predicted molar refractivity (Wildman–Crippen MR) is 125 cm³/mol. The Labute approximate surface area is 179 Å². The van der Waals surface area contributed by atoms with Crippen LogP contribution in [0.15, 0.2) is 66.7 Å². The second kappa shape index (κ2) is 8.74. The normalized spacial score (nSPS) is 11.4. The second-order valence-corrected chi connectivity index (χ2v) is 8.34. The van der Waals surface area contributed by atoms with Crippen molar-refractivity contribution in [3.05, 3.63) is 83.4 Å². The summed E-state index contributed by atoms with van der Waals surface area (Å²) in [4.78, 5) is 4.93. The van der Waals surface area contributed by atoms with E-state index in [0.717, 1.165) is 35.6 Å². The van der Waals surface area contributed by atoms with Gasteiger partial charge < -0.3 is 9.30 Å². The molecule has 1 heterocycles. The molecule has 3 aromatic carbocycles. The van der Waals surface area contributed by atoms with Crippen molar-refractivity contribution < 1.29 is 4.74 Å². The number of para-hydroxylation sites is 2. The highest BCUT2D eigenvalue weighted by Gasteiger charge is 2.13. The van der Waals surface area contributed by atoms with Gasteiger partial charge in [-0.2, -0.15) is 0 Å². The van der Waals surface area contributed by atoms with E-state index in [1.165, 1.54) is 22.2 Å². The van der Waals surface area contributed by atoms with Crippen molar-refractivity contribution in [3.63, 3.8) is 0 Å². The minimum absolute atomic E-state index is 0.450. The summed E-state index contributed by atoms with van der Waals surface area (Å²) >= 11 is 0. The van der Waals surface area contributed by atoms with Gasteiger partial charge in [-0.05, 0) is 61.6 Å². The Bertz CT molecular complexity index is 1160. The van der Waals surface area contributed by atoms with E-state index in [-0.39, 0.29) is 0 Å². The molecule has 0 spiro atoms. The first-order valence-electron chi connectivity index (χ1n) is 10.8. The lowest BCUT2D eigenvalue weighted by Gasteiger charge is -2.15. The van der Waals surface area contributed by atoms with Gasteiger partial charge in [0.05, 0.1) is 17.6 Å². The summed E-state index contributed by atoms with van der Waals surface area (Å²) in [5.41, 5.74) is 7.12. The Morgan fingerprint density at radius 2 is 1.70 bits per heavy atom. The maximum absolute atomic E-state index is 6.22. The zero-order valence-electron chi connectivity index (χ0n) is 18.4. The van der Waals surface area contributed by atoms with E-state index in [1.54, 1.807) is 0 Å². The molecule has 154 valence electrons. The van der Waals surface area contributed by atoms with E-state index in [0.29, 0.717) is 12.5 Å². The summed E-state index contributed by atoms with van der Waals surface area (Å²) in [7, 11) is 0. The minimum atomic E-state index is 0.450. The van der Waals surface area contributed by atoms with Gasteiger partial charge in [0, 0.05) is 12.1 Å². The van der Waals surface area contributed by atoms with Gasteiger partial charge in [0.2, 0.25) is 0 Å². The zero-order valence-corrected chi connectivity index (χ0v) is 18.4. The number of hydrogen-bond donors (Lipinski definition) is 0. The lowest BCUT2D eigenvalue weighted by molar-refractivity contribution is 0.298. The van der Waals surface area contributed by atoms with Gasteiger partial charge in [0.15, 0.2) is 0 Å². The van der Waals surface area contributed by atoms with Crippen molar-refractivity contribution >= 4 is 11.0 Å². The molecule has 0 N–H and O–H groups in total. The number of fused-ring (bicyclic) bond motifs is 1. The molecule has 30 heavy (non-hydrogen) atoms. The summed E-state index contributed by atoms with van der Waals surface area (Å²) in [6, 6.07) is 23.4. The van der Waals surface area contributed by atoms with Crippen LogP contribution in [0.5, 0.6) is 5.75 Å². The monoisotopic (exact) mass is 398 g/mol. The molecule has 4 aromatic rings. The Kier molecular flexibility index (Phi) is 5.89. The summed E-state index contributed by atoms with van der Waals surface area (Å²) in [5.74, 6) is 2.49. The average molecular weight is 399 g/mol. The summed E-state index contributed by atoms with van der Waals surface area (Å²) in [5, 5.41) is 0. The van der Waals surface area contributed by atoms with Crippen LogP contribution in [0.25, 0.3) is 22.4 Å². The lowest BCUT2D eigenvalue weighted by Crippen LogP contribution is -2.07. The first kappa shape index (κ1) is 20.2. The number of hydrogen-bond acceptors (Lipinski definition) is 2. The smallest absolute Gasteiger partial charge is 0.141 e. The third kappa shape index (κ3) is 4.25. The Morgan fingerprint density at radius 3 is 2.50 bits per heavy atom. The molecule has 0 unspecified atom stereocenters. The van der Waals surface area contributed by atoms with Crippen LogP contribution in [-0.4, -0.2) is 16.2 Å². The van der Waals surface area contributed by atoms with Crippen molar-refractivity contribution in [2.45, 2.75) is 46.6 Å². The number of ether oxygens (including phenoxy) is 1. The number of rotatable bonds is 7. The molecule has 3 nitrogen and oxygen atoms in total. The van der Waals surface area contributed by atoms with Gasteiger partial charge in [-0.3, -0.25) is 0 Å². The first-order valence-corrected chi connectivity index (χ1v) is 10.8. The molecule has 0 fully saturated rings. The number of aryl methyl sites for hydroxylation is 3. The van der Waals surface area contributed by atoms with Crippen LogP contribution in [0.3, 0.4) is 0 Å². The molecule has 0 bridgehead atoms.